The minimum Gasteiger partial charge on any atom is -0.381 e. The first kappa shape index (κ1) is 17.8. The van der Waals surface area contributed by atoms with E-state index in [0.717, 1.165) is 38.2 Å². The predicted molar refractivity (Wildman–Crippen MR) is 92.3 cm³/mol. The summed E-state index contributed by atoms with van der Waals surface area (Å²) in [7, 11) is -3.13. The Bertz CT molecular complexity index is 578. The summed E-state index contributed by atoms with van der Waals surface area (Å²) in [6.45, 7) is 4.72. The van der Waals surface area contributed by atoms with E-state index in [9.17, 15) is 8.42 Å². The number of ether oxygens (including phenoxy) is 1. The molecule has 1 unspecified atom stereocenters. The Hall–Kier alpha value is -0.560. The molecule has 0 spiro atoms. The van der Waals surface area contributed by atoms with Crippen molar-refractivity contribution in [2.75, 3.05) is 32.3 Å². The van der Waals surface area contributed by atoms with Gasteiger partial charge in [-0.2, -0.15) is 11.8 Å². The second-order valence-corrected chi connectivity index (χ2v) is 9.23. The van der Waals surface area contributed by atoms with Crippen LogP contribution in [-0.4, -0.2) is 45.4 Å². The van der Waals surface area contributed by atoms with Crippen LogP contribution in [0.15, 0.2) is 29.2 Å². The zero-order valence-electron chi connectivity index (χ0n) is 13.5. The Kier molecular flexibility index (Phi) is 5.94. The van der Waals surface area contributed by atoms with Crippen LogP contribution < -0.4 is 5.32 Å². The van der Waals surface area contributed by atoms with Crippen LogP contribution in [0.2, 0.25) is 0 Å². The van der Waals surface area contributed by atoms with E-state index in [1.54, 1.807) is 12.1 Å². The van der Waals surface area contributed by atoms with Gasteiger partial charge in [0.05, 0.1) is 4.90 Å². The summed E-state index contributed by atoms with van der Waals surface area (Å²) in [6, 6.07) is 7.34. The van der Waals surface area contributed by atoms with E-state index in [1.807, 2.05) is 23.9 Å². The van der Waals surface area contributed by atoms with E-state index in [-0.39, 0.29) is 10.8 Å². The first-order valence-corrected chi connectivity index (χ1v) is 10.6. The molecule has 2 rings (SSSR count). The Labute approximate surface area is 137 Å². The third-order valence-electron chi connectivity index (χ3n) is 4.38. The van der Waals surface area contributed by atoms with Crippen molar-refractivity contribution in [1.82, 2.24) is 5.32 Å². The molecule has 1 saturated heterocycles. The lowest BCUT2D eigenvalue weighted by atomic mass is 9.98. The van der Waals surface area contributed by atoms with Crippen LogP contribution in [0.3, 0.4) is 0 Å². The van der Waals surface area contributed by atoms with E-state index >= 15 is 0 Å². The molecule has 1 aromatic rings. The summed E-state index contributed by atoms with van der Waals surface area (Å²) in [5, 5.41) is 3.59. The summed E-state index contributed by atoms with van der Waals surface area (Å²) < 4.78 is 28.7. The topological polar surface area (TPSA) is 55.4 Å². The van der Waals surface area contributed by atoms with E-state index in [2.05, 4.69) is 18.5 Å². The third kappa shape index (κ3) is 4.47. The second kappa shape index (κ2) is 7.34. The van der Waals surface area contributed by atoms with Crippen molar-refractivity contribution in [2.45, 2.75) is 35.4 Å². The van der Waals surface area contributed by atoms with Gasteiger partial charge in [0.15, 0.2) is 9.84 Å². The van der Waals surface area contributed by atoms with Crippen LogP contribution in [0.5, 0.6) is 0 Å². The van der Waals surface area contributed by atoms with Gasteiger partial charge in [-0.05, 0) is 43.7 Å². The molecule has 1 atom stereocenters. The molecule has 6 heteroatoms. The molecule has 0 radical (unpaired) electrons. The van der Waals surface area contributed by atoms with E-state index < -0.39 is 9.84 Å². The van der Waals surface area contributed by atoms with Crippen LogP contribution in [-0.2, 0) is 14.6 Å². The number of nitrogens with one attached hydrogen (secondary N) is 1. The fourth-order valence-electron chi connectivity index (χ4n) is 2.66. The van der Waals surface area contributed by atoms with Crippen molar-refractivity contribution < 1.29 is 13.2 Å². The average molecular weight is 344 g/mol. The highest BCUT2D eigenvalue weighted by molar-refractivity contribution is 8.00. The first-order valence-electron chi connectivity index (χ1n) is 7.53. The Morgan fingerprint density at radius 3 is 2.36 bits per heavy atom. The highest BCUT2D eigenvalue weighted by Crippen LogP contribution is 2.33. The molecular weight excluding hydrogens is 318 g/mol. The smallest absolute Gasteiger partial charge is 0.175 e. The quantitative estimate of drug-likeness (QED) is 0.860. The molecule has 1 N–H and O–H groups in total. The normalized spacial score (nSPS) is 19.8. The lowest BCUT2D eigenvalue weighted by Crippen LogP contribution is -2.43. The molecule has 0 bridgehead atoms. The molecule has 0 saturated carbocycles. The lowest BCUT2D eigenvalue weighted by Gasteiger charge is -2.36. The van der Waals surface area contributed by atoms with E-state index in [0.29, 0.717) is 4.90 Å². The molecule has 1 aliphatic heterocycles. The van der Waals surface area contributed by atoms with Crippen LogP contribution in [0.4, 0.5) is 0 Å². The second-order valence-electron chi connectivity index (χ2n) is 5.94. The molecule has 0 aromatic heterocycles. The highest BCUT2D eigenvalue weighted by atomic mass is 32.2. The SMILES string of the molecule is CSC1(CNC(C)c2ccc(S(C)(=O)=O)cc2)CCOCC1. The molecule has 1 heterocycles. The fourth-order valence-corrected chi connectivity index (χ4v) is 4.09. The van der Waals surface area contributed by atoms with Crippen LogP contribution in [0, 0.1) is 0 Å². The molecule has 1 aromatic carbocycles. The van der Waals surface area contributed by atoms with Gasteiger partial charge in [0, 0.05) is 36.8 Å². The Morgan fingerprint density at radius 2 is 1.86 bits per heavy atom. The third-order valence-corrected chi connectivity index (χ3v) is 6.92. The molecule has 4 nitrogen and oxygen atoms in total. The average Bonchev–Trinajstić information content (AvgIpc) is 2.53. The van der Waals surface area contributed by atoms with Gasteiger partial charge in [-0.25, -0.2) is 8.42 Å². The monoisotopic (exact) mass is 343 g/mol. The van der Waals surface area contributed by atoms with Crippen LogP contribution in [0.25, 0.3) is 0 Å². The van der Waals surface area contributed by atoms with Crippen molar-refractivity contribution in [3.63, 3.8) is 0 Å². The Balaban J connectivity index is 1.98. The summed E-state index contributed by atoms with van der Waals surface area (Å²) in [5.41, 5.74) is 1.11. The zero-order valence-corrected chi connectivity index (χ0v) is 15.1. The van der Waals surface area contributed by atoms with E-state index in [1.165, 1.54) is 6.26 Å². The van der Waals surface area contributed by atoms with Crippen LogP contribution >= 0.6 is 11.8 Å². The molecule has 1 aliphatic rings. The minimum absolute atomic E-state index is 0.195. The van der Waals surface area contributed by atoms with Crippen molar-refractivity contribution >= 4 is 21.6 Å². The first-order chi connectivity index (χ1) is 10.4. The van der Waals surface area contributed by atoms with Gasteiger partial charge in [-0.3, -0.25) is 0 Å². The van der Waals surface area contributed by atoms with Crippen molar-refractivity contribution in [1.29, 1.82) is 0 Å². The van der Waals surface area contributed by atoms with Gasteiger partial charge in [-0.15, -0.1) is 0 Å². The summed E-state index contributed by atoms with van der Waals surface area (Å²) in [4.78, 5) is 0.369. The standard InChI is InChI=1S/C16H25NO3S2/c1-13(14-4-6-15(7-5-14)22(3,18)19)17-12-16(21-2)8-10-20-11-9-16/h4-7,13,17H,8-12H2,1-3H3. The van der Waals surface area contributed by atoms with Gasteiger partial charge in [0.1, 0.15) is 0 Å². The number of hydrogen-bond donors (Lipinski definition) is 1. The molecular formula is C16H25NO3S2. The van der Waals surface area contributed by atoms with Crippen molar-refractivity contribution in [3.05, 3.63) is 29.8 Å². The zero-order chi connectivity index (χ0) is 16.2. The minimum atomic E-state index is -3.13. The number of rotatable bonds is 6. The molecule has 124 valence electrons. The predicted octanol–water partition coefficient (Wildman–Crippen LogP) is 2.65. The largest absolute Gasteiger partial charge is 0.381 e. The summed E-state index contributed by atoms with van der Waals surface area (Å²) in [6.07, 6.45) is 5.54. The Morgan fingerprint density at radius 1 is 1.27 bits per heavy atom. The number of sulfone groups is 1. The number of thioether (sulfide) groups is 1. The van der Waals surface area contributed by atoms with Crippen molar-refractivity contribution in [2.24, 2.45) is 0 Å². The van der Waals surface area contributed by atoms with Gasteiger partial charge >= 0.3 is 0 Å². The van der Waals surface area contributed by atoms with Gasteiger partial charge in [0.2, 0.25) is 0 Å². The number of benzene rings is 1. The fraction of sp³-hybridized carbons (Fsp3) is 0.625. The maximum atomic E-state index is 11.5. The van der Waals surface area contributed by atoms with Gasteiger partial charge in [-0.1, -0.05) is 12.1 Å². The van der Waals surface area contributed by atoms with Crippen LogP contribution in [0.1, 0.15) is 31.4 Å². The van der Waals surface area contributed by atoms with Gasteiger partial charge in [0.25, 0.3) is 0 Å². The highest BCUT2D eigenvalue weighted by Gasteiger charge is 2.31. The lowest BCUT2D eigenvalue weighted by molar-refractivity contribution is 0.0766. The summed E-state index contributed by atoms with van der Waals surface area (Å²) >= 11 is 1.91. The maximum absolute atomic E-state index is 11.5. The molecule has 1 fully saturated rings. The molecule has 0 aliphatic carbocycles. The number of hydrogen-bond acceptors (Lipinski definition) is 5. The molecule has 22 heavy (non-hydrogen) atoms. The van der Waals surface area contributed by atoms with Gasteiger partial charge < -0.3 is 10.1 Å². The van der Waals surface area contributed by atoms with E-state index in [4.69, 9.17) is 4.74 Å². The van der Waals surface area contributed by atoms with Crippen molar-refractivity contribution in [3.8, 4) is 0 Å². The maximum Gasteiger partial charge on any atom is 0.175 e. The summed E-state index contributed by atoms with van der Waals surface area (Å²) in [5.74, 6) is 0. The molecule has 0 amide bonds.